The number of aromatic hydroxyl groups is 2. The average molecular weight is 1240 g/mol. The Hall–Kier alpha value is -9.50. The van der Waals surface area contributed by atoms with Gasteiger partial charge in [0.25, 0.3) is 11.8 Å². The summed E-state index contributed by atoms with van der Waals surface area (Å²) in [5, 5.41) is 39.3. The lowest BCUT2D eigenvalue weighted by atomic mass is 9.97. The lowest BCUT2D eigenvalue weighted by molar-refractivity contribution is -0.148. The summed E-state index contributed by atoms with van der Waals surface area (Å²) in [4.78, 5) is 188. The van der Waals surface area contributed by atoms with Gasteiger partial charge in [0, 0.05) is 51.0 Å². The topological polar surface area (TPSA) is 363 Å². The van der Waals surface area contributed by atoms with Crippen LogP contribution < -0.4 is 31.9 Å². The van der Waals surface area contributed by atoms with E-state index < -0.39 is 168 Å². The number of nitrogens with one attached hydrogen (secondary N) is 6. The van der Waals surface area contributed by atoms with Gasteiger partial charge in [-0.15, -0.1) is 0 Å². The van der Waals surface area contributed by atoms with Gasteiger partial charge in [0.2, 0.25) is 59.1 Å². The first-order chi connectivity index (χ1) is 43.1. The molecule has 2 aromatic carbocycles. The summed E-state index contributed by atoms with van der Waals surface area (Å²) >= 11 is 0. The van der Waals surface area contributed by atoms with Crippen LogP contribution in [-0.4, -0.2) is 235 Å². The molecule has 8 atom stereocenters. The summed E-state index contributed by atoms with van der Waals surface area (Å²) < 4.78 is 0. The van der Waals surface area contributed by atoms with Crippen LogP contribution in [-0.2, 0) is 47.9 Å². The zero-order valence-corrected chi connectivity index (χ0v) is 50.9. The first-order valence-corrected chi connectivity index (χ1v) is 30.7. The number of piperidine rings is 4. The third kappa shape index (κ3) is 14.8. The summed E-state index contributed by atoms with van der Waals surface area (Å²) in [5.41, 5.74) is -0.135. The van der Waals surface area contributed by atoms with Gasteiger partial charge in [-0.25, -0.2) is 9.97 Å². The van der Waals surface area contributed by atoms with Crippen molar-refractivity contribution >= 4 is 92.7 Å². The predicted octanol–water partition coefficient (Wildman–Crippen LogP) is -0.212. The van der Waals surface area contributed by atoms with E-state index in [1.165, 1.54) is 59.7 Å². The van der Waals surface area contributed by atoms with Crippen LogP contribution in [0.4, 0.5) is 0 Å². The van der Waals surface area contributed by atoms with Gasteiger partial charge < -0.3 is 71.5 Å². The Balaban J connectivity index is 0.998. The molecule has 0 saturated carbocycles. The number of amides is 12. The van der Waals surface area contributed by atoms with E-state index >= 15 is 9.59 Å². The summed E-state index contributed by atoms with van der Waals surface area (Å²) in [5.74, 6) is -10.0. The zero-order chi connectivity index (χ0) is 64.5. The van der Waals surface area contributed by atoms with Crippen LogP contribution in [0.3, 0.4) is 0 Å². The molecule has 5 aliphatic heterocycles. The van der Waals surface area contributed by atoms with Gasteiger partial charge in [0.1, 0.15) is 47.8 Å². The molecule has 9 rings (SSSR count). The number of benzene rings is 2. The summed E-state index contributed by atoms with van der Waals surface area (Å²) in [6.07, 6.45) is 4.55. The Labute approximate surface area is 519 Å². The van der Waals surface area contributed by atoms with Crippen LogP contribution in [0.1, 0.15) is 112 Å². The fourth-order valence-corrected chi connectivity index (χ4v) is 12.5. The second-order valence-electron chi connectivity index (χ2n) is 23.8. The van der Waals surface area contributed by atoms with Gasteiger partial charge in [-0.05, 0) is 115 Å². The lowest BCUT2D eigenvalue weighted by Crippen LogP contribution is -2.64. The Bertz CT molecular complexity index is 3250. The molecule has 0 radical (unpaired) electrons. The van der Waals surface area contributed by atoms with E-state index in [1.54, 1.807) is 48.5 Å². The molecule has 0 unspecified atom stereocenters. The van der Waals surface area contributed by atoms with E-state index in [2.05, 4.69) is 41.9 Å². The lowest BCUT2D eigenvalue weighted by Gasteiger charge is -2.40. The number of nitrogens with zero attached hydrogens (tertiary/aromatic N) is 8. The fourth-order valence-electron chi connectivity index (χ4n) is 12.5. The van der Waals surface area contributed by atoms with Crippen LogP contribution in [0.25, 0.3) is 21.8 Å². The van der Waals surface area contributed by atoms with Gasteiger partial charge in [0.15, 0.2) is 11.4 Å². The normalized spacial score (nSPS) is 25.7. The molecule has 5 aliphatic rings. The second-order valence-corrected chi connectivity index (χ2v) is 23.8. The van der Waals surface area contributed by atoms with Gasteiger partial charge in [-0.2, -0.15) is 0 Å². The maximum Gasteiger partial charge on any atom is 0.274 e. The van der Waals surface area contributed by atoms with Crippen molar-refractivity contribution in [1.82, 2.24) is 71.3 Å². The van der Waals surface area contributed by atoms with E-state index in [0.717, 1.165) is 9.80 Å². The monoisotopic (exact) mass is 1240 g/mol. The van der Waals surface area contributed by atoms with Crippen LogP contribution in [0.5, 0.6) is 11.5 Å². The summed E-state index contributed by atoms with van der Waals surface area (Å²) in [7, 11) is 2.68. The fraction of sp³-hybridized carbons (Fsp3) is 0.516. The molecule has 5 saturated heterocycles. The van der Waals surface area contributed by atoms with E-state index in [-0.39, 0.29) is 51.9 Å². The molecule has 28 heteroatoms. The number of fused-ring (bicyclic) bond motifs is 6. The summed E-state index contributed by atoms with van der Waals surface area (Å²) in [6, 6.07) is 5.82. The minimum atomic E-state index is -1.61. The van der Waals surface area contributed by atoms with Crippen molar-refractivity contribution < 1.29 is 67.7 Å². The van der Waals surface area contributed by atoms with Crippen molar-refractivity contribution in [2.75, 3.05) is 66.5 Å². The minimum Gasteiger partial charge on any atom is -0.505 e. The highest BCUT2D eigenvalue weighted by Gasteiger charge is 2.44. The van der Waals surface area contributed by atoms with Crippen molar-refractivity contribution in [3.8, 4) is 11.5 Å². The number of likely N-dealkylation sites (N-methyl/N-ethyl adjacent to an activating group) is 2. The van der Waals surface area contributed by atoms with Crippen LogP contribution >= 0.6 is 0 Å². The predicted molar refractivity (Wildman–Crippen MR) is 323 cm³/mol. The quantitative estimate of drug-likeness (QED) is 0.131. The third-order valence-corrected chi connectivity index (χ3v) is 17.5. The molecule has 0 aliphatic carbocycles. The maximum atomic E-state index is 15.0. The maximum absolute atomic E-state index is 15.0. The largest absolute Gasteiger partial charge is 0.505 e. The number of carbonyl (C=O) groups is 12. The highest BCUT2D eigenvalue weighted by molar-refractivity contribution is 6.03. The minimum absolute atomic E-state index is 0.0218. The first kappa shape index (κ1) is 65.0. The van der Waals surface area contributed by atoms with Crippen molar-refractivity contribution in [3.05, 3.63) is 72.1 Å². The molecular formula is C62H78N14O14. The van der Waals surface area contributed by atoms with Crippen LogP contribution in [0.15, 0.2) is 60.7 Å². The van der Waals surface area contributed by atoms with Gasteiger partial charge in [-0.3, -0.25) is 57.5 Å². The first-order valence-electron chi connectivity index (χ1n) is 30.7. The molecule has 480 valence electrons. The van der Waals surface area contributed by atoms with Crippen molar-refractivity contribution in [2.45, 2.75) is 139 Å². The number of carbonyl (C=O) groups excluding carboxylic acids is 12. The zero-order valence-electron chi connectivity index (χ0n) is 50.9. The van der Waals surface area contributed by atoms with E-state index in [9.17, 15) is 58.2 Å². The molecule has 0 bridgehead atoms. The highest BCUT2D eigenvalue weighted by atomic mass is 16.3. The number of rotatable bonds is 4. The molecule has 8 N–H and O–H groups in total. The summed E-state index contributed by atoms with van der Waals surface area (Å²) in [6.45, 7) is 0.906. The van der Waals surface area contributed by atoms with Crippen molar-refractivity contribution in [3.63, 3.8) is 0 Å². The SMILES string of the molecule is C[C@H]1NC(=O)[C@@H]2CCCCN2C(=O)CN(C)C(=O)CNC(=O)[C@@H]2CCCCN2C(=O)[C@@H](NC(=O)c2nc3ccccc3cc2O)[C@@H](C)NC(=O)[C@@H]2CCCCN2C(=O)CN(C)C(=O)CNC(=O)[C@H]2CCCCN2C(=O)[C@H]1NC(=O)c1nc2ccccc2cc1O. The smallest absolute Gasteiger partial charge is 0.274 e. The van der Waals surface area contributed by atoms with Crippen molar-refractivity contribution in [1.29, 1.82) is 0 Å². The molecule has 0 spiro atoms. The highest BCUT2D eigenvalue weighted by Crippen LogP contribution is 2.27. The third-order valence-electron chi connectivity index (χ3n) is 17.5. The second kappa shape index (κ2) is 28.8. The Morgan fingerprint density at radius 3 is 1.17 bits per heavy atom. The Morgan fingerprint density at radius 1 is 0.467 bits per heavy atom. The number of pyridine rings is 2. The number of hydrogen-bond acceptors (Lipinski definition) is 16. The standard InChI is InChI=1S/C62H78N14O14/c1-35-51(69-59(87)53-45(77)29-37-17-5-7-19-39(37)67-53)61(89)75-27-15-11-21-41(75)55(83)63-31-47(79)72(4)34-50(82)74-26-14-10-24-44(74)58(86)66-36(2)52(70-60(88)54-46(78)30-38-18-6-8-20-40(38)68-54)62(90)76-28-16-12-22-42(76)56(84)64-32-48(80)71(3)33-49(81)73-25-13-9-23-43(73)57(85)65-35/h5-8,17-20,29-30,35-36,41-44,51-52,77-78H,9-16,21-28,31-34H2,1-4H3,(H,63,83)(H,64,84)(H,65,85)(H,66,86)(H,69,87)(H,70,88)/t35-,36-,41-,42+,43+,44+,51+,52+/m1/s1. The van der Waals surface area contributed by atoms with E-state index in [4.69, 9.17) is 0 Å². The average Bonchev–Trinajstić information content (AvgIpc) is 0.974. The molecule has 90 heavy (non-hydrogen) atoms. The van der Waals surface area contributed by atoms with Crippen LogP contribution in [0.2, 0.25) is 0 Å². The molecule has 4 aromatic rings. The van der Waals surface area contributed by atoms with Gasteiger partial charge >= 0.3 is 0 Å². The van der Waals surface area contributed by atoms with Gasteiger partial charge in [-0.1, -0.05) is 36.4 Å². The molecule has 28 nitrogen and oxygen atoms in total. The van der Waals surface area contributed by atoms with E-state index in [0.29, 0.717) is 73.2 Å². The van der Waals surface area contributed by atoms with Gasteiger partial charge in [0.05, 0.1) is 49.3 Å². The van der Waals surface area contributed by atoms with Crippen LogP contribution in [0, 0.1) is 0 Å². The molecular weight excluding hydrogens is 1160 g/mol. The Morgan fingerprint density at radius 2 is 0.800 bits per heavy atom. The Kier molecular flexibility index (Phi) is 20.8. The molecule has 7 heterocycles. The van der Waals surface area contributed by atoms with E-state index in [1.807, 2.05) is 0 Å². The number of aromatic nitrogens is 2. The molecule has 2 aromatic heterocycles. The number of para-hydroxylation sites is 2. The number of hydrogen-bond donors (Lipinski definition) is 8. The molecule has 5 fully saturated rings. The van der Waals surface area contributed by atoms with Crippen molar-refractivity contribution in [2.24, 2.45) is 0 Å². The molecule has 12 amide bonds.